The minimum atomic E-state index is -0.314. The fourth-order valence-electron chi connectivity index (χ4n) is 4.09. The van der Waals surface area contributed by atoms with Crippen LogP contribution in [0.15, 0.2) is 0 Å². The number of nitrogens with one attached hydrogen (secondary N) is 1. The first-order valence-electron chi connectivity index (χ1n) is 7.06. The van der Waals surface area contributed by atoms with Crippen molar-refractivity contribution in [1.82, 2.24) is 5.32 Å². The van der Waals surface area contributed by atoms with Crippen molar-refractivity contribution in [2.75, 3.05) is 6.54 Å². The van der Waals surface area contributed by atoms with E-state index in [0.29, 0.717) is 18.8 Å². The second-order valence-electron chi connectivity index (χ2n) is 5.91. The third-order valence-corrected chi connectivity index (χ3v) is 4.94. The average molecular weight is 235 g/mol. The van der Waals surface area contributed by atoms with Gasteiger partial charge in [0, 0.05) is 18.9 Å². The smallest absolute Gasteiger partial charge is 0.144 e. The lowest BCUT2D eigenvalue weighted by Gasteiger charge is -2.25. The fraction of sp³-hybridized carbons (Fsp3) is 0.857. The highest BCUT2D eigenvalue weighted by Gasteiger charge is 2.46. The van der Waals surface area contributed by atoms with Gasteiger partial charge in [-0.15, -0.1) is 0 Å². The highest BCUT2D eigenvalue weighted by Crippen LogP contribution is 2.41. The quantitative estimate of drug-likeness (QED) is 0.556. The number of hydrogen-bond donors (Lipinski definition) is 1. The molecule has 94 valence electrons. The molecule has 2 saturated carbocycles. The van der Waals surface area contributed by atoms with Crippen LogP contribution in [0.4, 0.5) is 0 Å². The van der Waals surface area contributed by atoms with E-state index >= 15 is 0 Å². The maximum Gasteiger partial charge on any atom is 0.144 e. The Morgan fingerprint density at radius 2 is 1.65 bits per heavy atom. The molecule has 3 atom stereocenters. The van der Waals surface area contributed by atoms with Gasteiger partial charge in [-0.05, 0) is 44.1 Å². The standard InChI is InChI=1S/C14H21NO2/c16-11-6-1-2-7-12(17)13(11)14-10-5-3-4-9(10)8-15-14/h9-10,13-15H,1-8H2. The minimum Gasteiger partial charge on any atom is -0.312 e. The normalized spacial score (nSPS) is 39.4. The summed E-state index contributed by atoms with van der Waals surface area (Å²) in [7, 11) is 0. The zero-order valence-corrected chi connectivity index (χ0v) is 10.3. The van der Waals surface area contributed by atoms with Crippen LogP contribution in [-0.2, 0) is 9.59 Å². The molecule has 0 bridgehead atoms. The van der Waals surface area contributed by atoms with E-state index in [9.17, 15) is 9.59 Å². The van der Waals surface area contributed by atoms with Gasteiger partial charge < -0.3 is 5.32 Å². The molecule has 2 aliphatic carbocycles. The molecule has 0 aromatic carbocycles. The molecule has 3 aliphatic rings. The molecule has 3 unspecified atom stereocenters. The van der Waals surface area contributed by atoms with Crippen LogP contribution < -0.4 is 5.32 Å². The van der Waals surface area contributed by atoms with Gasteiger partial charge in [0.05, 0.1) is 5.92 Å². The van der Waals surface area contributed by atoms with E-state index in [0.717, 1.165) is 25.3 Å². The summed E-state index contributed by atoms with van der Waals surface area (Å²) in [4.78, 5) is 24.3. The molecule has 3 rings (SSSR count). The first kappa shape index (κ1) is 11.4. The molecule has 1 N–H and O–H groups in total. The Bertz CT molecular complexity index is 321. The Morgan fingerprint density at radius 3 is 2.35 bits per heavy atom. The lowest BCUT2D eigenvalue weighted by atomic mass is 9.81. The monoisotopic (exact) mass is 235 g/mol. The van der Waals surface area contributed by atoms with Gasteiger partial charge in [0.25, 0.3) is 0 Å². The molecule has 17 heavy (non-hydrogen) atoms. The Morgan fingerprint density at radius 1 is 0.941 bits per heavy atom. The van der Waals surface area contributed by atoms with Gasteiger partial charge in [0.1, 0.15) is 11.6 Å². The Kier molecular flexibility index (Phi) is 3.03. The van der Waals surface area contributed by atoms with Crippen LogP contribution in [0.2, 0.25) is 0 Å². The Hall–Kier alpha value is -0.700. The number of Topliss-reactive ketones (excluding diaryl/α,β-unsaturated/α-hetero) is 2. The van der Waals surface area contributed by atoms with E-state index in [-0.39, 0.29) is 23.5 Å². The first-order valence-corrected chi connectivity index (χ1v) is 7.06. The summed E-state index contributed by atoms with van der Waals surface area (Å²) in [5.41, 5.74) is 0. The molecular weight excluding hydrogens is 214 g/mol. The Labute approximate surface area is 102 Å². The third kappa shape index (κ3) is 1.95. The molecule has 1 heterocycles. The Balaban J connectivity index is 1.81. The average Bonchev–Trinajstić information content (AvgIpc) is 2.85. The van der Waals surface area contributed by atoms with E-state index in [1.54, 1.807) is 0 Å². The zero-order chi connectivity index (χ0) is 11.8. The highest BCUT2D eigenvalue weighted by atomic mass is 16.2. The van der Waals surface area contributed by atoms with Crippen LogP contribution in [0, 0.1) is 17.8 Å². The summed E-state index contributed by atoms with van der Waals surface area (Å²) in [6, 6.07) is 0.167. The van der Waals surface area contributed by atoms with Crippen LogP contribution in [0.25, 0.3) is 0 Å². The fourth-order valence-corrected chi connectivity index (χ4v) is 4.09. The van der Waals surface area contributed by atoms with E-state index in [4.69, 9.17) is 0 Å². The van der Waals surface area contributed by atoms with Crippen LogP contribution in [0.3, 0.4) is 0 Å². The lowest BCUT2D eigenvalue weighted by molar-refractivity contribution is -0.133. The summed E-state index contributed by atoms with van der Waals surface area (Å²) >= 11 is 0. The molecule has 0 aromatic heterocycles. The summed E-state index contributed by atoms with van der Waals surface area (Å²) in [5.74, 6) is 1.41. The predicted octanol–water partition coefficient (Wildman–Crippen LogP) is 1.70. The zero-order valence-electron chi connectivity index (χ0n) is 10.3. The minimum absolute atomic E-state index is 0.167. The molecule has 0 radical (unpaired) electrons. The van der Waals surface area contributed by atoms with E-state index < -0.39 is 0 Å². The van der Waals surface area contributed by atoms with Crippen molar-refractivity contribution in [3.05, 3.63) is 0 Å². The van der Waals surface area contributed by atoms with Crippen molar-refractivity contribution in [2.24, 2.45) is 17.8 Å². The van der Waals surface area contributed by atoms with Crippen LogP contribution in [-0.4, -0.2) is 24.2 Å². The van der Waals surface area contributed by atoms with Crippen molar-refractivity contribution in [3.63, 3.8) is 0 Å². The molecule has 0 amide bonds. The molecular formula is C14H21NO2. The van der Waals surface area contributed by atoms with Gasteiger partial charge in [0.2, 0.25) is 0 Å². The molecule has 0 aromatic rings. The van der Waals surface area contributed by atoms with Gasteiger partial charge >= 0.3 is 0 Å². The van der Waals surface area contributed by atoms with Gasteiger partial charge in [-0.1, -0.05) is 6.42 Å². The second-order valence-corrected chi connectivity index (χ2v) is 5.91. The summed E-state index contributed by atoms with van der Waals surface area (Å²) in [5, 5.41) is 3.48. The summed E-state index contributed by atoms with van der Waals surface area (Å²) < 4.78 is 0. The van der Waals surface area contributed by atoms with Gasteiger partial charge in [0.15, 0.2) is 0 Å². The number of fused-ring (bicyclic) bond motifs is 1. The maximum absolute atomic E-state index is 12.1. The molecule has 3 heteroatoms. The summed E-state index contributed by atoms with van der Waals surface area (Å²) in [6.07, 6.45) is 6.81. The molecule has 3 nitrogen and oxygen atoms in total. The van der Waals surface area contributed by atoms with Crippen molar-refractivity contribution >= 4 is 11.6 Å². The molecule has 0 spiro atoms. The van der Waals surface area contributed by atoms with Crippen LogP contribution >= 0.6 is 0 Å². The highest BCUT2D eigenvalue weighted by molar-refractivity contribution is 6.03. The van der Waals surface area contributed by atoms with Crippen molar-refractivity contribution in [1.29, 1.82) is 0 Å². The largest absolute Gasteiger partial charge is 0.312 e. The van der Waals surface area contributed by atoms with Crippen LogP contribution in [0.5, 0.6) is 0 Å². The lowest BCUT2D eigenvalue weighted by Crippen LogP contribution is -2.43. The van der Waals surface area contributed by atoms with Crippen LogP contribution in [0.1, 0.15) is 44.9 Å². The van der Waals surface area contributed by atoms with Gasteiger partial charge in [-0.25, -0.2) is 0 Å². The van der Waals surface area contributed by atoms with Gasteiger partial charge in [-0.2, -0.15) is 0 Å². The SMILES string of the molecule is O=C1CCCCC(=O)C1C1NCC2CCCC21. The van der Waals surface area contributed by atoms with E-state index in [1.165, 1.54) is 19.3 Å². The van der Waals surface area contributed by atoms with E-state index in [2.05, 4.69) is 5.32 Å². The predicted molar refractivity (Wildman–Crippen MR) is 64.6 cm³/mol. The topological polar surface area (TPSA) is 46.2 Å². The molecule has 1 saturated heterocycles. The number of hydrogen-bond acceptors (Lipinski definition) is 3. The summed E-state index contributed by atoms with van der Waals surface area (Å²) in [6.45, 7) is 1.02. The van der Waals surface area contributed by atoms with Crippen molar-refractivity contribution in [3.8, 4) is 0 Å². The van der Waals surface area contributed by atoms with E-state index in [1.807, 2.05) is 0 Å². The number of ketones is 2. The van der Waals surface area contributed by atoms with Gasteiger partial charge in [-0.3, -0.25) is 9.59 Å². The number of carbonyl (C=O) groups is 2. The first-order chi connectivity index (χ1) is 8.27. The van der Waals surface area contributed by atoms with Crippen molar-refractivity contribution < 1.29 is 9.59 Å². The third-order valence-electron chi connectivity index (χ3n) is 4.94. The molecule has 1 aliphatic heterocycles. The van der Waals surface area contributed by atoms with Crippen molar-refractivity contribution in [2.45, 2.75) is 51.0 Å². The number of carbonyl (C=O) groups excluding carboxylic acids is 2. The second kappa shape index (κ2) is 4.52. The number of rotatable bonds is 1. The maximum atomic E-state index is 12.1. The molecule has 3 fully saturated rings.